The van der Waals surface area contributed by atoms with Gasteiger partial charge in [-0.1, -0.05) is 235 Å². The zero-order valence-corrected chi connectivity index (χ0v) is 44.8. The molecule has 0 bridgehead atoms. The summed E-state index contributed by atoms with van der Waals surface area (Å²) in [6.07, 6.45) is 64.9. The number of unbranched alkanes of at least 4 members (excludes halogenated alkanes) is 29. The number of nitrogens with zero attached hydrogens (tertiary/aromatic N) is 1. The van der Waals surface area contributed by atoms with Gasteiger partial charge in [-0.25, -0.2) is 4.57 Å². The van der Waals surface area contributed by atoms with Crippen LogP contribution in [0, 0.1) is 0 Å². The molecule has 1 amide bonds. The van der Waals surface area contributed by atoms with E-state index in [4.69, 9.17) is 9.05 Å². The fourth-order valence-corrected chi connectivity index (χ4v) is 8.63. The molecule has 3 N–H and O–H groups in total. The second kappa shape index (κ2) is 48.2. The Hall–Kier alpha value is -1.80. The average molecular weight is 948 g/mol. The van der Waals surface area contributed by atoms with Crippen molar-refractivity contribution < 1.29 is 32.9 Å². The first-order valence-corrected chi connectivity index (χ1v) is 29.2. The summed E-state index contributed by atoms with van der Waals surface area (Å²) in [6.45, 7) is 4.66. The first kappa shape index (κ1) is 64.2. The molecule has 0 aromatic heterocycles. The predicted octanol–water partition coefficient (Wildman–Crippen LogP) is 16.5. The lowest BCUT2D eigenvalue weighted by molar-refractivity contribution is -0.870. The molecule has 0 aromatic carbocycles. The van der Waals surface area contributed by atoms with E-state index in [0.29, 0.717) is 17.4 Å². The minimum atomic E-state index is -4.36. The summed E-state index contributed by atoms with van der Waals surface area (Å²) >= 11 is 0. The van der Waals surface area contributed by atoms with E-state index in [2.05, 4.69) is 67.8 Å². The quantitative estimate of drug-likeness (QED) is 0.0243. The molecule has 66 heavy (non-hydrogen) atoms. The van der Waals surface area contributed by atoms with Gasteiger partial charge in [0.15, 0.2) is 0 Å². The maximum atomic E-state index is 12.9. The average Bonchev–Trinajstić information content (AvgIpc) is 3.28. The third-order valence-electron chi connectivity index (χ3n) is 12.2. The first-order chi connectivity index (χ1) is 32.0. The van der Waals surface area contributed by atoms with Crippen LogP contribution >= 0.6 is 7.82 Å². The summed E-state index contributed by atoms with van der Waals surface area (Å²) in [7, 11) is 1.53. The molecule has 9 heteroatoms. The van der Waals surface area contributed by atoms with E-state index in [9.17, 15) is 19.4 Å². The van der Waals surface area contributed by atoms with E-state index < -0.39 is 20.0 Å². The fourth-order valence-electron chi connectivity index (χ4n) is 7.90. The SMILES string of the molecule is CC/C=C\C/C=C\C/C=C\CCCCCC(=O)NC(COP(=O)(O)OCC[N+](C)(C)C)C(O)/C=C/CC/C=C/CCCCCCCCCCCCCCCCCCCCCCCCCCC. The molecule has 0 saturated carbocycles. The van der Waals surface area contributed by atoms with Gasteiger partial charge in [0.25, 0.3) is 0 Å². The Balaban J connectivity index is 4.16. The molecule has 0 spiro atoms. The molecule has 8 nitrogen and oxygen atoms in total. The lowest BCUT2D eigenvalue weighted by atomic mass is 10.0. The number of rotatable bonds is 50. The van der Waals surface area contributed by atoms with Gasteiger partial charge in [-0.2, -0.15) is 0 Å². The summed E-state index contributed by atoms with van der Waals surface area (Å²) in [4.78, 5) is 23.2. The maximum Gasteiger partial charge on any atom is 0.472 e. The highest BCUT2D eigenvalue weighted by molar-refractivity contribution is 7.47. The summed E-state index contributed by atoms with van der Waals surface area (Å²) in [5, 5.41) is 13.8. The Kier molecular flexibility index (Phi) is 46.9. The smallest absolute Gasteiger partial charge is 0.387 e. The second-order valence-electron chi connectivity index (χ2n) is 19.9. The van der Waals surface area contributed by atoms with Crippen molar-refractivity contribution in [2.24, 2.45) is 0 Å². The van der Waals surface area contributed by atoms with E-state index in [0.717, 1.165) is 64.2 Å². The number of hydrogen-bond donors (Lipinski definition) is 3. The number of carbonyl (C=O) groups excluding carboxylic acids is 1. The number of nitrogens with one attached hydrogen (secondary N) is 1. The predicted molar refractivity (Wildman–Crippen MR) is 286 cm³/mol. The van der Waals surface area contributed by atoms with E-state index in [1.165, 1.54) is 161 Å². The summed E-state index contributed by atoms with van der Waals surface area (Å²) in [5.74, 6) is -0.216. The zero-order chi connectivity index (χ0) is 48.5. The number of phosphoric acid groups is 1. The van der Waals surface area contributed by atoms with Crippen molar-refractivity contribution in [1.82, 2.24) is 5.32 Å². The van der Waals surface area contributed by atoms with Crippen molar-refractivity contribution in [3.8, 4) is 0 Å². The standard InChI is InChI=1S/C57H107N2O6P/c1-6-8-10-12-14-16-18-20-21-22-23-24-25-26-27-28-29-30-31-32-33-34-35-36-37-39-40-42-44-46-48-50-56(60)55(54-65-66(62,63)64-53-52-59(3,4)5)58-57(61)51-49-47-45-43-41-38-19-17-15-13-11-9-7-2/h9,11,15,17,38,40-42,48,50,55-56,60H,6-8,10,12-14,16,18-37,39,43-47,49,51-54H2,1-5H3,(H-,58,61,62,63)/p+1/b11-9-,17-15-,41-38-,42-40+,50-48+. The van der Waals surface area contributed by atoms with E-state index in [1.807, 2.05) is 27.2 Å². The monoisotopic (exact) mass is 948 g/mol. The van der Waals surface area contributed by atoms with Gasteiger partial charge < -0.3 is 19.8 Å². The molecule has 0 aromatic rings. The van der Waals surface area contributed by atoms with Crippen molar-refractivity contribution in [3.63, 3.8) is 0 Å². The number of quaternary nitrogens is 1. The van der Waals surface area contributed by atoms with Gasteiger partial charge in [0.2, 0.25) is 5.91 Å². The Morgan fingerprint density at radius 3 is 1.39 bits per heavy atom. The van der Waals surface area contributed by atoms with Gasteiger partial charge in [0.1, 0.15) is 13.2 Å². The summed E-state index contributed by atoms with van der Waals surface area (Å²) in [5.41, 5.74) is 0. The van der Waals surface area contributed by atoms with Gasteiger partial charge in [-0.15, -0.1) is 0 Å². The number of hydrogen-bond acceptors (Lipinski definition) is 5. The van der Waals surface area contributed by atoms with Gasteiger partial charge in [0.05, 0.1) is 39.9 Å². The van der Waals surface area contributed by atoms with E-state index in [-0.39, 0.29) is 19.1 Å². The van der Waals surface area contributed by atoms with E-state index >= 15 is 0 Å². The van der Waals surface area contributed by atoms with Gasteiger partial charge >= 0.3 is 7.82 Å². The third kappa shape index (κ3) is 50.1. The number of phosphoric ester groups is 1. The normalized spacial score (nSPS) is 14.5. The van der Waals surface area contributed by atoms with Crippen LogP contribution in [0.5, 0.6) is 0 Å². The van der Waals surface area contributed by atoms with Crippen LogP contribution < -0.4 is 5.32 Å². The molecule has 0 radical (unpaired) electrons. The molecular weight excluding hydrogens is 840 g/mol. The Morgan fingerprint density at radius 1 is 0.530 bits per heavy atom. The third-order valence-corrected chi connectivity index (χ3v) is 13.2. The molecule has 0 aliphatic heterocycles. The van der Waals surface area contributed by atoms with Crippen molar-refractivity contribution in [1.29, 1.82) is 0 Å². The maximum absolute atomic E-state index is 12.9. The minimum Gasteiger partial charge on any atom is -0.387 e. The lowest BCUT2D eigenvalue weighted by Gasteiger charge is -2.25. The zero-order valence-electron chi connectivity index (χ0n) is 43.9. The number of allylic oxidation sites excluding steroid dienone is 9. The topological polar surface area (TPSA) is 105 Å². The van der Waals surface area contributed by atoms with Gasteiger partial charge in [-0.3, -0.25) is 13.8 Å². The highest BCUT2D eigenvalue weighted by Crippen LogP contribution is 2.43. The second-order valence-corrected chi connectivity index (χ2v) is 21.4. The molecule has 0 aliphatic rings. The highest BCUT2D eigenvalue weighted by Gasteiger charge is 2.27. The first-order valence-electron chi connectivity index (χ1n) is 27.7. The number of carbonyl (C=O) groups is 1. The minimum absolute atomic E-state index is 0.0481. The van der Waals surface area contributed by atoms with Crippen molar-refractivity contribution in [2.75, 3.05) is 40.9 Å². The molecule has 0 heterocycles. The molecule has 386 valence electrons. The van der Waals surface area contributed by atoms with Crippen LogP contribution in [0.25, 0.3) is 0 Å². The molecule has 0 fully saturated rings. The van der Waals surface area contributed by atoms with Crippen LogP contribution in [0.3, 0.4) is 0 Å². The van der Waals surface area contributed by atoms with Gasteiger partial charge in [0, 0.05) is 6.42 Å². The Morgan fingerprint density at radius 2 is 0.924 bits per heavy atom. The lowest BCUT2D eigenvalue weighted by Crippen LogP contribution is -2.45. The largest absolute Gasteiger partial charge is 0.472 e. The van der Waals surface area contributed by atoms with Gasteiger partial charge in [-0.05, 0) is 64.2 Å². The Bertz CT molecular complexity index is 1260. The summed E-state index contributed by atoms with van der Waals surface area (Å²) < 4.78 is 23.6. The van der Waals surface area contributed by atoms with Crippen LogP contribution in [0.2, 0.25) is 0 Å². The van der Waals surface area contributed by atoms with E-state index in [1.54, 1.807) is 6.08 Å². The number of amides is 1. The molecule has 0 saturated heterocycles. The molecule has 3 atom stereocenters. The van der Waals surface area contributed by atoms with Crippen molar-refractivity contribution in [2.45, 2.75) is 257 Å². The number of aliphatic hydroxyl groups excluding tert-OH is 1. The number of likely N-dealkylation sites (N-methyl/N-ethyl adjacent to an activating group) is 1. The van der Waals surface area contributed by atoms with Crippen molar-refractivity contribution in [3.05, 3.63) is 60.8 Å². The molecule has 3 unspecified atom stereocenters. The van der Waals surface area contributed by atoms with Crippen molar-refractivity contribution >= 4 is 13.7 Å². The van der Waals surface area contributed by atoms with Crippen LogP contribution in [0.4, 0.5) is 0 Å². The van der Waals surface area contributed by atoms with Crippen LogP contribution in [0.1, 0.15) is 245 Å². The molecule has 0 aliphatic carbocycles. The molecule has 0 rings (SSSR count). The number of aliphatic hydroxyl groups is 1. The highest BCUT2D eigenvalue weighted by atomic mass is 31.2. The van der Waals surface area contributed by atoms with Crippen LogP contribution in [0.15, 0.2) is 60.8 Å². The van der Waals surface area contributed by atoms with Crippen LogP contribution in [-0.4, -0.2) is 73.4 Å². The fraction of sp³-hybridized carbons (Fsp3) is 0.807. The van der Waals surface area contributed by atoms with Crippen LogP contribution in [-0.2, 0) is 18.4 Å². The summed E-state index contributed by atoms with van der Waals surface area (Å²) in [6, 6.07) is -0.881. The molecular formula is C57H108N2O6P+. The Labute approximate surface area is 409 Å².